The van der Waals surface area contributed by atoms with E-state index in [0.717, 1.165) is 60.6 Å². The fourth-order valence-corrected chi connectivity index (χ4v) is 3.74. The highest BCUT2D eigenvalue weighted by Gasteiger charge is 2.29. The molecule has 1 saturated heterocycles. The van der Waals surface area contributed by atoms with Crippen molar-refractivity contribution in [2.24, 2.45) is 0 Å². The number of H-pyrrole nitrogens is 1. The molecular weight excluding hydrogens is 344 g/mol. The van der Waals surface area contributed by atoms with E-state index in [1.807, 2.05) is 18.7 Å². The number of carbonyl (C=O) groups excluding carboxylic acids is 1. The number of aromatic amines is 1. The number of likely N-dealkylation sites (tertiary alicyclic amines) is 1. The molecule has 1 fully saturated rings. The van der Waals surface area contributed by atoms with Crippen LogP contribution in [0.4, 0.5) is 0 Å². The highest BCUT2D eigenvalue weighted by molar-refractivity contribution is 5.92. The van der Waals surface area contributed by atoms with Crippen LogP contribution in [0.5, 0.6) is 0 Å². The first kappa shape index (κ1) is 17.4. The van der Waals surface area contributed by atoms with Crippen LogP contribution < -0.4 is 0 Å². The van der Waals surface area contributed by atoms with E-state index in [9.17, 15) is 4.79 Å². The zero-order valence-electron chi connectivity index (χ0n) is 15.5. The number of carbonyl (C=O) groups is 1. The monoisotopic (exact) mass is 366 g/mol. The maximum Gasteiger partial charge on any atom is 0.272 e. The molecule has 0 spiro atoms. The number of amides is 1. The molecule has 1 aliphatic rings. The summed E-state index contributed by atoms with van der Waals surface area (Å²) in [5.41, 5.74) is 3.95. The molecule has 8 heteroatoms. The summed E-state index contributed by atoms with van der Waals surface area (Å²) in [6.07, 6.45) is 8.79. The van der Waals surface area contributed by atoms with Crippen molar-refractivity contribution in [3.05, 3.63) is 47.5 Å². The molecule has 1 N–H and O–H groups in total. The predicted molar refractivity (Wildman–Crippen MR) is 98.0 cm³/mol. The Morgan fingerprint density at radius 1 is 1.37 bits per heavy atom. The Morgan fingerprint density at radius 2 is 2.26 bits per heavy atom. The molecule has 0 bridgehead atoms. The van der Waals surface area contributed by atoms with E-state index >= 15 is 0 Å². The predicted octanol–water partition coefficient (Wildman–Crippen LogP) is 2.71. The van der Waals surface area contributed by atoms with Crippen molar-refractivity contribution in [2.45, 2.75) is 45.6 Å². The maximum atomic E-state index is 12.6. The molecule has 1 amide bonds. The average Bonchev–Trinajstić information content (AvgIpc) is 3.41. The van der Waals surface area contributed by atoms with E-state index in [1.165, 1.54) is 0 Å². The van der Waals surface area contributed by atoms with Gasteiger partial charge in [-0.05, 0) is 45.6 Å². The lowest BCUT2D eigenvalue weighted by Crippen LogP contribution is -2.36. The van der Waals surface area contributed by atoms with Crippen molar-refractivity contribution >= 4 is 5.91 Å². The van der Waals surface area contributed by atoms with E-state index in [4.69, 9.17) is 9.51 Å². The molecule has 1 atom stereocenters. The van der Waals surface area contributed by atoms with Crippen LogP contribution in [0, 0.1) is 13.8 Å². The third-order valence-corrected chi connectivity index (χ3v) is 5.08. The van der Waals surface area contributed by atoms with Gasteiger partial charge in [0.25, 0.3) is 5.91 Å². The van der Waals surface area contributed by atoms with Gasteiger partial charge in [0.1, 0.15) is 11.5 Å². The Hall–Kier alpha value is -3.03. The zero-order valence-corrected chi connectivity index (χ0v) is 15.5. The van der Waals surface area contributed by atoms with Crippen molar-refractivity contribution in [3.63, 3.8) is 0 Å². The Labute approximate surface area is 157 Å². The molecule has 4 rings (SSSR count). The minimum atomic E-state index is 0.0190. The number of aromatic nitrogens is 5. The second-order valence-corrected chi connectivity index (χ2v) is 6.90. The highest BCUT2D eigenvalue weighted by atomic mass is 16.5. The van der Waals surface area contributed by atoms with Crippen molar-refractivity contribution in [1.29, 1.82) is 0 Å². The smallest absolute Gasteiger partial charge is 0.272 e. The second kappa shape index (κ2) is 7.30. The molecule has 0 aromatic carbocycles. The molecule has 3 aromatic heterocycles. The van der Waals surface area contributed by atoms with E-state index in [2.05, 4.69) is 20.3 Å². The molecule has 0 aliphatic carbocycles. The molecule has 140 valence electrons. The van der Waals surface area contributed by atoms with Gasteiger partial charge in [0, 0.05) is 25.0 Å². The first-order valence-electron chi connectivity index (χ1n) is 9.18. The number of aryl methyl sites for hydroxylation is 3. The number of nitrogens with zero attached hydrogens (tertiary/aromatic N) is 5. The van der Waals surface area contributed by atoms with Gasteiger partial charge in [0.15, 0.2) is 0 Å². The molecule has 4 heterocycles. The van der Waals surface area contributed by atoms with Gasteiger partial charge in [-0.15, -0.1) is 0 Å². The van der Waals surface area contributed by atoms with Gasteiger partial charge in [-0.25, -0.2) is 4.98 Å². The van der Waals surface area contributed by atoms with Crippen LogP contribution in [-0.4, -0.2) is 48.7 Å². The van der Waals surface area contributed by atoms with Crippen LogP contribution in [0.15, 0.2) is 29.2 Å². The minimum absolute atomic E-state index is 0.0190. The standard InChI is InChI=1S/C19H22N6O2/c1-12-18(13(2)27-24-12)17-11-20-10-14(22-17)5-6-15-4-3-9-25(15)19(26)16-7-8-21-23-16/h7-8,10-11,15H,3-6,9H2,1-2H3,(H,21,23). The molecule has 0 saturated carbocycles. The fourth-order valence-electron chi connectivity index (χ4n) is 3.74. The normalized spacial score (nSPS) is 16.8. The summed E-state index contributed by atoms with van der Waals surface area (Å²) in [6, 6.07) is 1.93. The van der Waals surface area contributed by atoms with Gasteiger partial charge in [-0.1, -0.05) is 5.16 Å². The second-order valence-electron chi connectivity index (χ2n) is 6.90. The third kappa shape index (κ3) is 3.47. The number of rotatable bonds is 5. The highest BCUT2D eigenvalue weighted by Crippen LogP contribution is 2.26. The number of hydrogen-bond donors (Lipinski definition) is 1. The van der Waals surface area contributed by atoms with Crippen molar-refractivity contribution in [1.82, 2.24) is 30.2 Å². The van der Waals surface area contributed by atoms with Crippen molar-refractivity contribution in [2.75, 3.05) is 6.54 Å². The Bertz CT molecular complexity index is 914. The van der Waals surface area contributed by atoms with Crippen LogP contribution in [0.3, 0.4) is 0 Å². The summed E-state index contributed by atoms with van der Waals surface area (Å²) in [5.74, 6) is 0.761. The lowest BCUT2D eigenvalue weighted by molar-refractivity contribution is 0.0724. The molecular formula is C19H22N6O2. The summed E-state index contributed by atoms with van der Waals surface area (Å²) in [4.78, 5) is 23.6. The number of nitrogens with one attached hydrogen (secondary N) is 1. The summed E-state index contributed by atoms with van der Waals surface area (Å²) >= 11 is 0. The van der Waals surface area contributed by atoms with Crippen LogP contribution >= 0.6 is 0 Å². The molecule has 1 aliphatic heterocycles. The molecule has 1 unspecified atom stereocenters. The quantitative estimate of drug-likeness (QED) is 0.745. The SMILES string of the molecule is Cc1noc(C)c1-c1cncc(CCC2CCCN2C(=O)c2ccn[nH]2)n1. The van der Waals surface area contributed by atoms with Gasteiger partial charge in [0.2, 0.25) is 0 Å². The topological polar surface area (TPSA) is 101 Å². The molecule has 3 aromatic rings. The zero-order chi connectivity index (χ0) is 18.8. The summed E-state index contributed by atoms with van der Waals surface area (Å²) in [6.45, 7) is 4.56. The first-order valence-corrected chi connectivity index (χ1v) is 9.18. The average molecular weight is 366 g/mol. The van der Waals surface area contributed by atoms with Gasteiger partial charge in [-0.3, -0.25) is 14.9 Å². The lowest BCUT2D eigenvalue weighted by Gasteiger charge is -2.24. The Balaban J connectivity index is 1.46. The number of hydrogen-bond acceptors (Lipinski definition) is 6. The van der Waals surface area contributed by atoms with Gasteiger partial charge in [-0.2, -0.15) is 5.10 Å². The Morgan fingerprint density at radius 3 is 3.00 bits per heavy atom. The van der Waals surface area contributed by atoms with E-state index in [1.54, 1.807) is 24.7 Å². The van der Waals surface area contributed by atoms with Crippen molar-refractivity contribution in [3.8, 4) is 11.3 Å². The van der Waals surface area contributed by atoms with E-state index in [-0.39, 0.29) is 11.9 Å². The largest absolute Gasteiger partial charge is 0.361 e. The molecule has 27 heavy (non-hydrogen) atoms. The van der Waals surface area contributed by atoms with Gasteiger partial charge >= 0.3 is 0 Å². The third-order valence-electron chi connectivity index (χ3n) is 5.08. The van der Waals surface area contributed by atoms with Gasteiger partial charge in [0.05, 0.1) is 28.8 Å². The van der Waals surface area contributed by atoms with Crippen LogP contribution in [-0.2, 0) is 6.42 Å². The fraction of sp³-hybridized carbons (Fsp3) is 0.421. The van der Waals surface area contributed by atoms with Crippen molar-refractivity contribution < 1.29 is 9.32 Å². The molecule has 0 radical (unpaired) electrons. The van der Waals surface area contributed by atoms with Crippen LogP contribution in [0.1, 0.15) is 46.9 Å². The Kier molecular flexibility index (Phi) is 4.70. The summed E-state index contributed by atoms with van der Waals surface area (Å²) < 4.78 is 5.24. The maximum absolute atomic E-state index is 12.6. The first-order chi connectivity index (χ1) is 13.1. The van der Waals surface area contributed by atoms with Crippen LogP contribution in [0.25, 0.3) is 11.3 Å². The minimum Gasteiger partial charge on any atom is -0.361 e. The van der Waals surface area contributed by atoms with Crippen LogP contribution in [0.2, 0.25) is 0 Å². The van der Waals surface area contributed by atoms with E-state index in [0.29, 0.717) is 5.69 Å². The lowest BCUT2D eigenvalue weighted by atomic mass is 10.1. The van der Waals surface area contributed by atoms with E-state index < -0.39 is 0 Å². The summed E-state index contributed by atoms with van der Waals surface area (Å²) in [5, 5.41) is 10.6. The molecule has 8 nitrogen and oxygen atoms in total. The van der Waals surface area contributed by atoms with Gasteiger partial charge < -0.3 is 9.42 Å². The summed E-state index contributed by atoms with van der Waals surface area (Å²) in [7, 11) is 0.